The summed E-state index contributed by atoms with van der Waals surface area (Å²) >= 11 is 0. The molecule has 6 heteroatoms. The van der Waals surface area contributed by atoms with Crippen molar-refractivity contribution in [1.82, 2.24) is 0 Å². The van der Waals surface area contributed by atoms with Gasteiger partial charge in [-0.05, 0) is 26.8 Å². The van der Waals surface area contributed by atoms with E-state index in [2.05, 4.69) is 0 Å². The van der Waals surface area contributed by atoms with Gasteiger partial charge in [-0.25, -0.2) is 9.59 Å². The summed E-state index contributed by atoms with van der Waals surface area (Å²) in [5.41, 5.74) is 2.71. The molecular formula is C14H19NO5. The fourth-order valence-corrected chi connectivity index (χ4v) is 1.64. The van der Waals surface area contributed by atoms with Gasteiger partial charge in [0.1, 0.15) is 11.4 Å². The quantitative estimate of drug-likeness (QED) is 0.637. The molecule has 1 rings (SSSR count). The standard InChI is InChI=1S/C14H19NO5/c1-13(2,3)20-12(18)14(15,11(16)17)9-7-5-6-8-10(9)19-4/h5-8H,15H2,1-4H3,(H,16,17). The van der Waals surface area contributed by atoms with Gasteiger partial charge in [0, 0.05) is 5.56 Å². The molecule has 3 N–H and O–H groups in total. The lowest BCUT2D eigenvalue weighted by Gasteiger charge is -2.29. The zero-order chi connectivity index (χ0) is 15.6. The lowest BCUT2D eigenvalue weighted by atomic mass is 9.90. The second-order valence-corrected chi connectivity index (χ2v) is 5.32. The van der Waals surface area contributed by atoms with Crippen molar-refractivity contribution in [3.05, 3.63) is 29.8 Å². The Kier molecular flexibility index (Phi) is 4.39. The van der Waals surface area contributed by atoms with Crippen LogP contribution in [0.5, 0.6) is 5.75 Å². The molecule has 0 aliphatic rings. The Morgan fingerprint density at radius 2 is 1.75 bits per heavy atom. The van der Waals surface area contributed by atoms with Crippen molar-refractivity contribution in [2.45, 2.75) is 31.9 Å². The van der Waals surface area contributed by atoms with Crippen molar-refractivity contribution in [3.63, 3.8) is 0 Å². The average molecular weight is 281 g/mol. The maximum absolute atomic E-state index is 12.2. The van der Waals surface area contributed by atoms with Gasteiger partial charge in [-0.2, -0.15) is 0 Å². The highest BCUT2D eigenvalue weighted by molar-refractivity contribution is 6.05. The van der Waals surface area contributed by atoms with Gasteiger partial charge in [-0.3, -0.25) is 0 Å². The molecule has 0 aliphatic heterocycles. The zero-order valence-corrected chi connectivity index (χ0v) is 12.0. The molecular weight excluding hydrogens is 262 g/mol. The molecule has 0 heterocycles. The number of carboxylic acids is 1. The van der Waals surface area contributed by atoms with E-state index in [4.69, 9.17) is 15.2 Å². The summed E-state index contributed by atoms with van der Waals surface area (Å²) in [4.78, 5) is 23.7. The number of methoxy groups -OCH3 is 1. The zero-order valence-electron chi connectivity index (χ0n) is 12.0. The van der Waals surface area contributed by atoms with Crippen molar-refractivity contribution < 1.29 is 24.2 Å². The summed E-state index contributed by atoms with van der Waals surface area (Å²) in [6.07, 6.45) is 0. The Bertz CT molecular complexity index is 521. The monoisotopic (exact) mass is 281 g/mol. The van der Waals surface area contributed by atoms with Crippen LogP contribution >= 0.6 is 0 Å². The molecule has 1 unspecified atom stereocenters. The van der Waals surface area contributed by atoms with Gasteiger partial charge in [0.05, 0.1) is 7.11 Å². The Balaban J connectivity index is 3.35. The minimum atomic E-state index is -2.32. The first-order valence-corrected chi connectivity index (χ1v) is 6.02. The van der Waals surface area contributed by atoms with Crippen LogP contribution in [0.25, 0.3) is 0 Å². The first-order valence-electron chi connectivity index (χ1n) is 6.02. The largest absolute Gasteiger partial charge is 0.496 e. The molecule has 0 saturated carbocycles. The predicted molar refractivity (Wildman–Crippen MR) is 72.3 cm³/mol. The molecule has 0 fully saturated rings. The van der Waals surface area contributed by atoms with Crippen LogP contribution in [0, 0.1) is 0 Å². The van der Waals surface area contributed by atoms with Crippen LogP contribution in [0.1, 0.15) is 26.3 Å². The van der Waals surface area contributed by atoms with E-state index in [0.717, 1.165) is 0 Å². The van der Waals surface area contributed by atoms with E-state index in [1.165, 1.54) is 19.2 Å². The number of para-hydroxylation sites is 1. The summed E-state index contributed by atoms with van der Waals surface area (Å²) in [7, 11) is 1.37. The van der Waals surface area contributed by atoms with Crippen LogP contribution in [0.4, 0.5) is 0 Å². The van der Waals surface area contributed by atoms with E-state index in [-0.39, 0.29) is 11.3 Å². The van der Waals surface area contributed by atoms with Gasteiger partial charge in [-0.15, -0.1) is 0 Å². The lowest BCUT2D eigenvalue weighted by Crippen LogP contribution is -2.54. The summed E-state index contributed by atoms with van der Waals surface area (Å²) in [6, 6.07) is 6.19. The van der Waals surface area contributed by atoms with Crippen molar-refractivity contribution in [1.29, 1.82) is 0 Å². The lowest BCUT2D eigenvalue weighted by molar-refractivity contribution is -0.169. The van der Waals surface area contributed by atoms with Gasteiger partial charge < -0.3 is 20.3 Å². The maximum Gasteiger partial charge on any atom is 0.343 e. The van der Waals surface area contributed by atoms with Crippen LogP contribution in [-0.4, -0.2) is 29.8 Å². The van der Waals surface area contributed by atoms with Crippen LogP contribution in [0.2, 0.25) is 0 Å². The number of carboxylic acid groups (broad SMARTS) is 1. The molecule has 0 bridgehead atoms. The Morgan fingerprint density at radius 3 is 2.20 bits per heavy atom. The number of rotatable bonds is 4. The number of ether oxygens (including phenoxy) is 2. The Morgan fingerprint density at radius 1 is 1.20 bits per heavy atom. The molecule has 0 spiro atoms. The maximum atomic E-state index is 12.2. The summed E-state index contributed by atoms with van der Waals surface area (Å²) in [5.74, 6) is -2.33. The number of benzene rings is 1. The third-order valence-corrected chi connectivity index (χ3v) is 2.59. The molecule has 6 nitrogen and oxygen atoms in total. The summed E-state index contributed by atoms with van der Waals surface area (Å²) in [5, 5.41) is 9.39. The van der Waals surface area contributed by atoms with Crippen LogP contribution in [0.15, 0.2) is 24.3 Å². The number of aliphatic carboxylic acids is 1. The Hall–Kier alpha value is -2.08. The minimum absolute atomic E-state index is 0.0456. The van der Waals surface area contributed by atoms with Gasteiger partial charge in [0.2, 0.25) is 5.54 Å². The first kappa shape index (κ1) is 16.0. The van der Waals surface area contributed by atoms with Crippen LogP contribution in [0.3, 0.4) is 0 Å². The molecule has 110 valence electrons. The molecule has 0 aromatic heterocycles. The third kappa shape index (κ3) is 3.08. The number of esters is 1. The fraction of sp³-hybridized carbons (Fsp3) is 0.429. The third-order valence-electron chi connectivity index (χ3n) is 2.59. The minimum Gasteiger partial charge on any atom is -0.496 e. The number of carbonyl (C=O) groups excluding carboxylic acids is 1. The molecule has 20 heavy (non-hydrogen) atoms. The molecule has 1 atom stereocenters. The fourth-order valence-electron chi connectivity index (χ4n) is 1.64. The first-order chi connectivity index (χ1) is 9.13. The molecule has 1 aromatic carbocycles. The second kappa shape index (κ2) is 5.50. The normalized spacial score (nSPS) is 14.2. The van der Waals surface area contributed by atoms with E-state index >= 15 is 0 Å². The highest BCUT2D eigenvalue weighted by atomic mass is 16.6. The van der Waals surface area contributed by atoms with Crippen LogP contribution < -0.4 is 10.5 Å². The molecule has 0 aliphatic carbocycles. The predicted octanol–water partition coefficient (Wildman–Crippen LogP) is 1.28. The SMILES string of the molecule is COc1ccccc1C(N)(C(=O)O)C(=O)OC(C)(C)C. The molecule has 0 radical (unpaired) electrons. The van der Waals surface area contributed by atoms with Crippen molar-refractivity contribution in [2.24, 2.45) is 5.73 Å². The smallest absolute Gasteiger partial charge is 0.343 e. The Labute approximate surface area is 117 Å². The van der Waals surface area contributed by atoms with E-state index in [9.17, 15) is 14.7 Å². The summed E-state index contributed by atoms with van der Waals surface area (Å²) in [6.45, 7) is 4.90. The highest BCUT2D eigenvalue weighted by Crippen LogP contribution is 2.30. The van der Waals surface area contributed by atoms with Crippen LogP contribution in [-0.2, 0) is 19.9 Å². The highest BCUT2D eigenvalue weighted by Gasteiger charge is 2.49. The van der Waals surface area contributed by atoms with Gasteiger partial charge in [0.25, 0.3) is 0 Å². The number of hydrogen-bond donors (Lipinski definition) is 2. The van der Waals surface area contributed by atoms with Gasteiger partial charge in [0.15, 0.2) is 0 Å². The van der Waals surface area contributed by atoms with Gasteiger partial charge in [-0.1, -0.05) is 18.2 Å². The second-order valence-electron chi connectivity index (χ2n) is 5.32. The molecule has 0 saturated heterocycles. The average Bonchev–Trinajstić information content (AvgIpc) is 2.35. The summed E-state index contributed by atoms with van der Waals surface area (Å²) < 4.78 is 10.2. The van der Waals surface area contributed by atoms with E-state index in [1.54, 1.807) is 32.9 Å². The van der Waals surface area contributed by atoms with E-state index < -0.39 is 23.1 Å². The molecule has 0 amide bonds. The topological polar surface area (TPSA) is 98.9 Å². The van der Waals surface area contributed by atoms with Gasteiger partial charge >= 0.3 is 11.9 Å². The van der Waals surface area contributed by atoms with Crippen molar-refractivity contribution >= 4 is 11.9 Å². The number of nitrogens with two attached hydrogens (primary N) is 1. The van der Waals surface area contributed by atoms with E-state index in [1.807, 2.05) is 0 Å². The number of carbonyl (C=O) groups is 2. The van der Waals surface area contributed by atoms with E-state index in [0.29, 0.717) is 0 Å². The van der Waals surface area contributed by atoms with Crippen molar-refractivity contribution in [3.8, 4) is 5.75 Å². The molecule has 1 aromatic rings. The van der Waals surface area contributed by atoms with Crippen molar-refractivity contribution in [2.75, 3.05) is 7.11 Å². The number of hydrogen-bond acceptors (Lipinski definition) is 5.